The lowest BCUT2D eigenvalue weighted by Crippen LogP contribution is -2.54. The Labute approximate surface area is 201 Å². The number of carbonyl (C=O) groups is 2. The number of methoxy groups -OCH3 is 1. The zero-order valence-corrected chi connectivity index (χ0v) is 21.0. The van der Waals surface area contributed by atoms with Crippen molar-refractivity contribution in [2.45, 2.75) is 13.8 Å². The Bertz CT molecular complexity index is 1090. The van der Waals surface area contributed by atoms with Gasteiger partial charge in [-0.1, -0.05) is 15.9 Å². The van der Waals surface area contributed by atoms with Gasteiger partial charge in [0.15, 0.2) is 16.6 Å². The Morgan fingerprint density at radius 3 is 2.63 bits per heavy atom. The topological polar surface area (TPSA) is 67.9 Å². The van der Waals surface area contributed by atoms with Crippen LogP contribution in [0.5, 0.6) is 11.5 Å². The molecule has 0 unspecified atom stereocenters. The van der Waals surface area contributed by atoms with Crippen molar-refractivity contribution in [1.29, 1.82) is 0 Å². The Morgan fingerprint density at radius 2 is 2.00 bits per heavy atom. The van der Waals surface area contributed by atoms with Crippen LogP contribution in [0.1, 0.15) is 18.1 Å². The number of ether oxygens (including phenoxy) is 2. The van der Waals surface area contributed by atoms with Gasteiger partial charge in [-0.25, -0.2) is 0 Å². The number of amides is 2. The standard InChI is InChI=1S/C21H18BrIN2O4S/c1-4-29-18-15(23)9-12(10-17(18)28-3)8-14-19(26)24-21(30)25(20(14)27)16-6-5-13(22)7-11(16)2/h5-10H,4H2,1-3H3,(H,24,26,30)/b14-8-. The van der Waals surface area contributed by atoms with Gasteiger partial charge in [0.2, 0.25) is 0 Å². The largest absolute Gasteiger partial charge is 0.493 e. The molecule has 2 aromatic carbocycles. The average molecular weight is 601 g/mol. The third kappa shape index (κ3) is 4.52. The van der Waals surface area contributed by atoms with Crippen molar-refractivity contribution in [2.24, 2.45) is 0 Å². The summed E-state index contributed by atoms with van der Waals surface area (Å²) >= 11 is 10.8. The smallest absolute Gasteiger partial charge is 0.270 e. The summed E-state index contributed by atoms with van der Waals surface area (Å²) in [7, 11) is 1.54. The van der Waals surface area contributed by atoms with Crippen LogP contribution in [0.25, 0.3) is 6.08 Å². The molecule has 3 rings (SSSR count). The maximum absolute atomic E-state index is 13.2. The zero-order valence-electron chi connectivity index (χ0n) is 16.4. The van der Waals surface area contributed by atoms with Crippen LogP contribution < -0.4 is 19.7 Å². The van der Waals surface area contributed by atoms with Gasteiger partial charge < -0.3 is 9.47 Å². The van der Waals surface area contributed by atoms with E-state index in [2.05, 4.69) is 43.8 Å². The molecular weight excluding hydrogens is 583 g/mol. The Kier molecular flexibility index (Phi) is 7.14. The van der Waals surface area contributed by atoms with E-state index in [-0.39, 0.29) is 10.7 Å². The lowest BCUT2D eigenvalue weighted by molar-refractivity contribution is -0.122. The van der Waals surface area contributed by atoms with Crippen LogP contribution in [0.2, 0.25) is 0 Å². The van der Waals surface area contributed by atoms with Gasteiger partial charge in [0, 0.05) is 4.47 Å². The van der Waals surface area contributed by atoms with Crippen LogP contribution in [0.15, 0.2) is 40.4 Å². The summed E-state index contributed by atoms with van der Waals surface area (Å²) < 4.78 is 12.7. The second-order valence-corrected chi connectivity index (χ2v) is 8.82. The highest BCUT2D eigenvalue weighted by Crippen LogP contribution is 2.35. The number of rotatable bonds is 5. The zero-order chi connectivity index (χ0) is 22.0. The van der Waals surface area contributed by atoms with Gasteiger partial charge in [-0.05, 0) is 96.2 Å². The monoisotopic (exact) mass is 600 g/mol. The molecule has 0 bridgehead atoms. The number of nitrogens with zero attached hydrogens (tertiary/aromatic N) is 1. The molecular formula is C21H18BrIN2O4S. The van der Waals surface area contributed by atoms with E-state index in [1.807, 2.05) is 32.0 Å². The van der Waals surface area contributed by atoms with Gasteiger partial charge in [-0.3, -0.25) is 19.8 Å². The van der Waals surface area contributed by atoms with Crippen LogP contribution in [0.4, 0.5) is 5.69 Å². The molecule has 1 heterocycles. The van der Waals surface area contributed by atoms with Crippen LogP contribution in [0.3, 0.4) is 0 Å². The first-order valence-corrected chi connectivity index (χ1v) is 11.2. The van der Waals surface area contributed by atoms with Crippen LogP contribution in [-0.4, -0.2) is 30.6 Å². The molecule has 1 aliphatic rings. The Morgan fingerprint density at radius 1 is 1.27 bits per heavy atom. The molecule has 1 fully saturated rings. The van der Waals surface area contributed by atoms with Crippen LogP contribution in [0, 0.1) is 10.5 Å². The predicted molar refractivity (Wildman–Crippen MR) is 132 cm³/mol. The molecule has 9 heteroatoms. The van der Waals surface area contributed by atoms with E-state index in [9.17, 15) is 9.59 Å². The Hall–Kier alpha value is -1.98. The molecule has 1 saturated heterocycles. The first-order valence-electron chi connectivity index (χ1n) is 8.94. The maximum Gasteiger partial charge on any atom is 0.270 e. The highest BCUT2D eigenvalue weighted by atomic mass is 127. The average Bonchev–Trinajstić information content (AvgIpc) is 2.68. The molecule has 156 valence electrons. The number of hydrogen-bond donors (Lipinski definition) is 1. The SMILES string of the molecule is CCOc1c(I)cc(/C=C2/C(=O)NC(=S)N(c3ccc(Br)cc3C)C2=O)cc1OC. The minimum Gasteiger partial charge on any atom is -0.493 e. The van der Waals surface area contributed by atoms with Crippen molar-refractivity contribution in [1.82, 2.24) is 5.32 Å². The fourth-order valence-electron chi connectivity index (χ4n) is 3.02. The summed E-state index contributed by atoms with van der Waals surface area (Å²) in [5.74, 6) is 0.113. The molecule has 2 aromatic rings. The molecule has 0 aromatic heterocycles. The van der Waals surface area contributed by atoms with E-state index >= 15 is 0 Å². The number of carbonyl (C=O) groups excluding carboxylic acids is 2. The van der Waals surface area contributed by atoms with Gasteiger partial charge in [-0.15, -0.1) is 0 Å². The predicted octanol–water partition coefficient (Wildman–Crippen LogP) is 4.60. The molecule has 1 N–H and O–H groups in total. The van der Waals surface area contributed by atoms with Crippen molar-refractivity contribution < 1.29 is 19.1 Å². The third-order valence-electron chi connectivity index (χ3n) is 4.35. The van der Waals surface area contributed by atoms with Gasteiger partial charge >= 0.3 is 0 Å². The first-order chi connectivity index (χ1) is 14.3. The number of benzene rings is 2. The molecule has 0 atom stereocenters. The molecule has 0 radical (unpaired) electrons. The molecule has 0 saturated carbocycles. The molecule has 6 nitrogen and oxygen atoms in total. The van der Waals surface area contributed by atoms with Gasteiger partial charge in [0.05, 0.1) is 23.0 Å². The summed E-state index contributed by atoms with van der Waals surface area (Å²) in [5, 5.41) is 2.65. The van der Waals surface area contributed by atoms with Crippen molar-refractivity contribution in [2.75, 3.05) is 18.6 Å². The van der Waals surface area contributed by atoms with Crippen LogP contribution in [-0.2, 0) is 9.59 Å². The summed E-state index contributed by atoms with van der Waals surface area (Å²) in [6.07, 6.45) is 1.53. The molecule has 0 aliphatic carbocycles. The van der Waals surface area contributed by atoms with Crippen molar-refractivity contribution in [3.63, 3.8) is 0 Å². The highest BCUT2D eigenvalue weighted by molar-refractivity contribution is 14.1. The number of aryl methyl sites for hydroxylation is 1. The summed E-state index contributed by atoms with van der Waals surface area (Å²) in [6, 6.07) is 9.02. The number of nitrogens with one attached hydrogen (secondary N) is 1. The van der Waals surface area contributed by atoms with Crippen molar-refractivity contribution in [3.05, 3.63) is 55.1 Å². The minimum absolute atomic E-state index is 0.0204. The van der Waals surface area contributed by atoms with E-state index in [4.69, 9.17) is 21.7 Å². The fraction of sp³-hybridized carbons (Fsp3) is 0.190. The van der Waals surface area contributed by atoms with E-state index < -0.39 is 11.8 Å². The third-order valence-corrected chi connectivity index (χ3v) is 5.93. The van der Waals surface area contributed by atoms with Gasteiger partial charge in [0.1, 0.15) is 5.57 Å². The van der Waals surface area contributed by atoms with Gasteiger partial charge in [0.25, 0.3) is 11.8 Å². The summed E-state index contributed by atoms with van der Waals surface area (Å²) in [4.78, 5) is 27.1. The number of halogens is 2. The van der Waals surface area contributed by atoms with E-state index in [0.29, 0.717) is 29.4 Å². The fourth-order valence-corrected chi connectivity index (χ4v) is 4.55. The quantitative estimate of drug-likeness (QED) is 0.235. The maximum atomic E-state index is 13.2. The molecule has 0 spiro atoms. The number of hydrogen-bond acceptors (Lipinski definition) is 5. The Balaban J connectivity index is 2.06. The van der Waals surface area contributed by atoms with E-state index in [1.165, 1.54) is 11.0 Å². The number of anilines is 1. The summed E-state index contributed by atoms with van der Waals surface area (Å²) in [6.45, 7) is 4.25. The summed E-state index contributed by atoms with van der Waals surface area (Å²) in [5.41, 5.74) is 2.07. The normalized spacial score (nSPS) is 15.4. The first kappa shape index (κ1) is 22.7. The number of thiocarbonyl (C=S) groups is 1. The van der Waals surface area contributed by atoms with Crippen molar-refractivity contribution >= 4 is 79.4 Å². The highest BCUT2D eigenvalue weighted by Gasteiger charge is 2.35. The second-order valence-electron chi connectivity index (χ2n) is 6.36. The van der Waals surface area contributed by atoms with Crippen molar-refractivity contribution in [3.8, 4) is 11.5 Å². The molecule has 1 aliphatic heterocycles. The van der Waals surface area contributed by atoms with Crippen LogP contribution >= 0.6 is 50.7 Å². The van der Waals surface area contributed by atoms with E-state index in [0.717, 1.165) is 13.6 Å². The van der Waals surface area contributed by atoms with Gasteiger partial charge in [-0.2, -0.15) is 0 Å². The minimum atomic E-state index is -0.543. The van der Waals surface area contributed by atoms with E-state index in [1.54, 1.807) is 19.2 Å². The molecule has 2 amide bonds. The lowest BCUT2D eigenvalue weighted by Gasteiger charge is -2.30. The molecule has 30 heavy (non-hydrogen) atoms. The lowest BCUT2D eigenvalue weighted by atomic mass is 10.1. The second kappa shape index (κ2) is 9.44.